The molecule has 0 saturated carbocycles. The predicted molar refractivity (Wildman–Crippen MR) is 69.4 cm³/mol. The lowest BCUT2D eigenvalue weighted by Crippen LogP contribution is -2.17. The molecule has 0 radical (unpaired) electrons. The van der Waals surface area contributed by atoms with Crippen molar-refractivity contribution in [2.24, 2.45) is 0 Å². The minimum absolute atomic E-state index is 0.150. The van der Waals surface area contributed by atoms with Crippen LogP contribution in [0.25, 0.3) is 22.4 Å². The molecule has 2 heterocycles. The molecule has 0 bridgehead atoms. The van der Waals surface area contributed by atoms with Crippen LogP contribution in [0.1, 0.15) is 10.5 Å². The lowest BCUT2D eigenvalue weighted by atomic mass is 10.2. The van der Waals surface area contributed by atoms with Crippen molar-refractivity contribution in [3.63, 3.8) is 0 Å². The van der Waals surface area contributed by atoms with Crippen LogP contribution < -0.4 is 5.32 Å². The largest absolute Gasteiger partial charge is 0.454 e. The van der Waals surface area contributed by atoms with Crippen LogP contribution in [0.5, 0.6) is 0 Å². The fourth-order valence-corrected chi connectivity index (χ4v) is 1.92. The SMILES string of the molecule is CNC(=O)c1cc2oc(-c3ccccc3)cc2[nH]1. The van der Waals surface area contributed by atoms with Gasteiger partial charge in [0.25, 0.3) is 5.91 Å². The monoisotopic (exact) mass is 240 g/mol. The van der Waals surface area contributed by atoms with E-state index in [0.717, 1.165) is 16.8 Å². The van der Waals surface area contributed by atoms with Crippen molar-refractivity contribution in [2.75, 3.05) is 7.05 Å². The fourth-order valence-electron chi connectivity index (χ4n) is 1.92. The minimum atomic E-state index is -0.150. The smallest absolute Gasteiger partial charge is 0.267 e. The van der Waals surface area contributed by atoms with Crippen LogP contribution in [0, 0.1) is 0 Å². The molecule has 0 aliphatic heterocycles. The summed E-state index contributed by atoms with van der Waals surface area (Å²) in [6.45, 7) is 0. The van der Waals surface area contributed by atoms with Crippen LogP contribution in [0.3, 0.4) is 0 Å². The first kappa shape index (κ1) is 10.7. The number of H-pyrrole nitrogens is 1. The third-order valence-electron chi connectivity index (χ3n) is 2.84. The maximum atomic E-state index is 11.5. The molecule has 2 aromatic heterocycles. The zero-order valence-corrected chi connectivity index (χ0v) is 9.86. The van der Waals surface area contributed by atoms with Crippen LogP contribution in [0.4, 0.5) is 0 Å². The number of carbonyl (C=O) groups is 1. The molecule has 4 nitrogen and oxygen atoms in total. The van der Waals surface area contributed by atoms with E-state index >= 15 is 0 Å². The summed E-state index contributed by atoms with van der Waals surface area (Å²) in [5.74, 6) is 0.642. The lowest BCUT2D eigenvalue weighted by molar-refractivity contribution is 0.0959. The molecule has 3 rings (SSSR count). The fraction of sp³-hybridized carbons (Fsp3) is 0.0714. The van der Waals surface area contributed by atoms with Gasteiger partial charge >= 0.3 is 0 Å². The number of nitrogens with one attached hydrogen (secondary N) is 2. The first-order valence-electron chi connectivity index (χ1n) is 5.68. The van der Waals surface area contributed by atoms with Crippen molar-refractivity contribution in [1.29, 1.82) is 0 Å². The van der Waals surface area contributed by atoms with Crippen molar-refractivity contribution in [1.82, 2.24) is 10.3 Å². The average molecular weight is 240 g/mol. The van der Waals surface area contributed by atoms with Gasteiger partial charge in [0.05, 0.1) is 5.52 Å². The summed E-state index contributed by atoms with van der Waals surface area (Å²) in [6.07, 6.45) is 0. The van der Waals surface area contributed by atoms with Gasteiger partial charge in [-0.05, 0) is 0 Å². The molecule has 0 aliphatic rings. The summed E-state index contributed by atoms with van der Waals surface area (Å²) in [6, 6.07) is 13.5. The summed E-state index contributed by atoms with van der Waals surface area (Å²) in [5.41, 5.74) is 3.04. The topological polar surface area (TPSA) is 58.0 Å². The van der Waals surface area contributed by atoms with E-state index in [1.54, 1.807) is 13.1 Å². The highest BCUT2D eigenvalue weighted by Crippen LogP contribution is 2.27. The van der Waals surface area contributed by atoms with E-state index in [-0.39, 0.29) is 5.91 Å². The molecule has 0 unspecified atom stereocenters. The van der Waals surface area contributed by atoms with Gasteiger partial charge in [-0.2, -0.15) is 0 Å². The highest BCUT2D eigenvalue weighted by Gasteiger charge is 2.12. The van der Waals surface area contributed by atoms with Gasteiger partial charge in [0, 0.05) is 24.7 Å². The molecule has 90 valence electrons. The molecule has 0 fully saturated rings. The van der Waals surface area contributed by atoms with E-state index in [1.165, 1.54) is 0 Å². The normalized spacial score (nSPS) is 10.7. The van der Waals surface area contributed by atoms with Crippen molar-refractivity contribution >= 4 is 17.0 Å². The molecule has 0 saturated heterocycles. The standard InChI is InChI=1S/C14H12N2O2/c1-15-14(17)11-8-13-10(16-11)7-12(18-13)9-5-3-2-4-6-9/h2-8,16H,1H3,(H,15,17). The first-order chi connectivity index (χ1) is 8.78. The van der Waals surface area contributed by atoms with Crippen LogP contribution in [0.15, 0.2) is 46.9 Å². The predicted octanol–water partition coefficient (Wildman–Crippen LogP) is 2.79. The number of hydrogen-bond donors (Lipinski definition) is 2. The van der Waals surface area contributed by atoms with Gasteiger partial charge in [-0.25, -0.2) is 0 Å². The van der Waals surface area contributed by atoms with Gasteiger partial charge in [0.1, 0.15) is 11.5 Å². The highest BCUT2D eigenvalue weighted by molar-refractivity contribution is 5.97. The van der Waals surface area contributed by atoms with E-state index < -0.39 is 0 Å². The Kier molecular flexibility index (Phi) is 2.41. The maximum absolute atomic E-state index is 11.5. The number of furan rings is 1. The second-order valence-corrected chi connectivity index (χ2v) is 4.02. The van der Waals surface area contributed by atoms with E-state index in [0.29, 0.717) is 11.3 Å². The summed E-state index contributed by atoms with van der Waals surface area (Å²) >= 11 is 0. The molecule has 0 spiro atoms. The number of aromatic amines is 1. The molecule has 1 amide bonds. The van der Waals surface area contributed by atoms with Crippen LogP contribution in [0.2, 0.25) is 0 Å². The molecule has 0 aliphatic carbocycles. The number of carbonyl (C=O) groups excluding carboxylic acids is 1. The number of hydrogen-bond acceptors (Lipinski definition) is 2. The van der Waals surface area contributed by atoms with E-state index in [2.05, 4.69) is 10.3 Å². The second kappa shape index (κ2) is 4.07. The molecule has 18 heavy (non-hydrogen) atoms. The van der Waals surface area contributed by atoms with Crippen molar-refractivity contribution in [3.05, 3.63) is 48.2 Å². The third-order valence-corrected chi connectivity index (χ3v) is 2.84. The number of fused-ring (bicyclic) bond motifs is 1. The Morgan fingerprint density at radius 2 is 2.00 bits per heavy atom. The van der Waals surface area contributed by atoms with Crippen LogP contribution in [-0.2, 0) is 0 Å². The van der Waals surface area contributed by atoms with Crippen LogP contribution >= 0.6 is 0 Å². The third kappa shape index (κ3) is 1.68. The van der Waals surface area contributed by atoms with Crippen LogP contribution in [-0.4, -0.2) is 17.9 Å². The summed E-state index contributed by atoms with van der Waals surface area (Å²) < 4.78 is 5.72. The van der Waals surface area contributed by atoms with Crippen molar-refractivity contribution in [3.8, 4) is 11.3 Å². The van der Waals surface area contributed by atoms with E-state index in [1.807, 2.05) is 36.4 Å². The van der Waals surface area contributed by atoms with Gasteiger partial charge in [0.15, 0.2) is 5.58 Å². The number of amides is 1. The number of benzene rings is 1. The Balaban J connectivity index is 2.04. The number of rotatable bonds is 2. The van der Waals surface area contributed by atoms with Gasteiger partial charge in [-0.3, -0.25) is 4.79 Å². The maximum Gasteiger partial charge on any atom is 0.267 e. The van der Waals surface area contributed by atoms with Crippen molar-refractivity contribution in [2.45, 2.75) is 0 Å². The first-order valence-corrected chi connectivity index (χ1v) is 5.68. The molecular weight excluding hydrogens is 228 g/mol. The Morgan fingerprint density at radius 3 is 2.67 bits per heavy atom. The molecular formula is C14H12N2O2. The molecule has 2 N–H and O–H groups in total. The Labute approximate surface area is 104 Å². The van der Waals surface area contributed by atoms with Gasteiger partial charge in [-0.15, -0.1) is 0 Å². The second-order valence-electron chi connectivity index (χ2n) is 4.02. The molecule has 4 heteroatoms. The molecule has 0 atom stereocenters. The minimum Gasteiger partial charge on any atom is -0.454 e. The zero-order valence-electron chi connectivity index (χ0n) is 9.86. The lowest BCUT2D eigenvalue weighted by Gasteiger charge is -1.95. The Hall–Kier alpha value is -2.49. The quantitative estimate of drug-likeness (QED) is 0.723. The van der Waals surface area contributed by atoms with Crippen molar-refractivity contribution < 1.29 is 9.21 Å². The zero-order chi connectivity index (χ0) is 12.5. The Bertz CT molecular complexity index is 663. The Morgan fingerprint density at radius 1 is 1.22 bits per heavy atom. The van der Waals surface area contributed by atoms with E-state index in [9.17, 15) is 4.79 Å². The summed E-state index contributed by atoms with van der Waals surface area (Å²) in [5, 5.41) is 2.57. The van der Waals surface area contributed by atoms with E-state index in [4.69, 9.17) is 4.42 Å². The van der Waals surface area contributed by atoms with Gasteiger partial charge in [-0.1, -0.05) is 30.3 Å². The van der Waals surface area contributed by atoms with Gasteiger partial charge < -0.3 is 14.7 Å². The highest BCUT2D eigenvalue weighted by atomic mass is 16.3. The molecule has 3 aromatic rings. The molecule has 1 aromatic carbocycles. The number of aromatic nitrogens is 1. The summed E-state index contributed by atoms with van der Waals surface area (Å²) in [4.78, 5) is 14.5. The van der Waals surface area contributed by atoms with Gasteiger partial charge in [0.2, 0.25) is 0 Å². The average Bonchev–Trinajstić information content (AvgIpc) is 2.97. The summed E-state index contributed by atoms with van der Waals surface area (Å²) in [7, 11) is 1.60.